The summed E-state index contributed by atoms with van der Waals surface area (Å²) in [4.78, 5) is 32.0. The summed E-state index contributed by atoms with van der Waals surface area (Å²) in [5.74, 6) is -0.0109. The van der Waals surface area contributed by atoms with E-state index in [4.69, 9.17) is 14.5 Å². The highest BCUT2D eigenvalue weighted by molar-refractivity contribution is 5.94. The number of ether oxygens (including phenoxy) is 2. The fraction of sp³-hybridized carbons (Fsp3) is 0.792. The first kappa shape index (κ1) is 24.4. The molecule has 0 amide bonds. The van der Waals surface area contributed by atoms with Crippen LogP contribution in [0.15, 0.2) is 16.3 Å². The number of ketones is 1. The lowest BCUT2D eigenvalue weighted by molar-refractivity contribution is -0.136. The van der Waals surface area contributed by atoms with E-state index in [-0.39, 0.29) is 18.1 Å². The zero-order valence-electron chi connectivity index (χ0n) is 19.4. The molecule has 2 aliphatic heterocycles. The Morgan fingerprint density at radius 2 is 1.70 bits per heavy atom. The summed E-state index contributed by atoms with van der Waals surface area (Å²) in [5.41, 5.74) is 1.44. The predicted octanol–water partition coefficient (Wildman–Crippen LogP) is 5.16. The largest absolute Gasteiger partial charge is 0.468 e. The number of esters is 1. The molecule has 0 aromatic heterocycles. The molecule has 2 atom stereocenters. The van der Waals surface area contributed by atoms with Gasteiger partial charge in [-0.15, -0.1) is 0 Å². The van der Waals surface area contributed by atoms with Crippen LogP contribution in [0.25, 0.3) is 0 Å². The van der Waals surface area contributed by atoms with Crippen LogP contribution in [0.2, 0.25) is 0 Å². The Hall–Kier alpha value is -1.85. The highest BCUT2D eigenvalue weighted by atomic mass is 16.5. The van der Waals surface area contributed by atoms with Crippen LogP contribution in [0, 0.1) is 0 Å². The van der Waals surface area contributed by atoms with Gasteiger partial charge in [-0.05, 0) is 32.1 Å². The second kappa shape index (κ2) is 12.8. The van der Waals surface area contributed by atoms with Gasteiger partial charge < -0.3 is 14.4 Å². The number of Topliss-reactive ketones (excluding diaryl/α,β-unsaturated/α-hetero) is 1. The molecule has 1 saturated heterocycles. The van der Waals surface area contributed by atoms with E-state index in [1.165, 1.54) is 26.4 Å². The number of fused-ring (bicyclic) bond motifs is 1. The highest BCUT2D eigenvalue weighted by Gasteiger charge is 2.45. The van der Waals surface area contributed by atoms with Gasteiger partial charge in [-0.3, -0.25) is 4.79 Å². The van der Waals surface area contributed by atoms with Crippen molar-refractivity contribution in [3.8, 4) is 0 Å². The molecule has 2 aliphatic rings. The molecule has 0 bridgehead atoms. The van der Waals surface area contributed by atoms with Gasteiger partial charge >= 0.3 is 5.97 Å². The normalized spacial score (nSPS) is 20.8. The van der Waals surface area contributed by atoms with Gasteiger partial charge in [-0.25, -0.2) is 9.79 Å². The second-order valence-electron chi connectivity index (χ2n) is 8.47. The van der Waals surface area contributed by atoms with E-state index in [2.05, 4.69) is 18.7 Å². The smallest absolute Gasteiger partial charge is 0.337 e. The van der Waals surface area contributed by atoms with E-state index in [9.17, 15) is 9.59 Å². The lowest BCUT2D eigenvalue weighted by Gasteiger charge is -2.36. The van der Waals surface area contributed by atoms with Crippen LogP contribution >= 0.6 is 0 Å². The number of carbonyl (C=O) groups excluding carboxylic acids is 2. The molecule has 170 valence electrons. The molecule has 0 saturated carbocycles. The minimum absolute atomic E-state index is 0.0358. The number of allylic oxidation sites excluding steroid dienone is 1. The predicted molar refractivity (Wildman–Crippen MR) is 119 cm³/mol. The molecule has 0 aliphatic carbocycles. The van der Waals surface area contributed by atoms with Crippen molar-refractivity contribution in [1.82, 2.24) is 4.90 Å². The topological polar surface area (TPSA) is 68.2 Å². The fourth-order valence-electron chi connectivity index (χ4n) is 4.62. The molecule has 2 rings (SSSR count). The molecular formula is C24H40N2O4. The van der Waals surface area contributed by atoms with Crippen molar-refractivity contribution < 1.29 is 19.1 Å². The zero-order valence-corrected chi connectivity index (χ0v) is 19.4. The number of methoxy groups -OCH3 is 2. The number of aliphatic imine (C=N–C) groups is 1. The lowest BCUT2D eigenvalue weighted by Crippen LogP contribution is -2.47. The van der Waals surface area contributed by atoms with E-state index < -0.39 is 0 Å². The van der Waals surface area contributed by atoms with Crippen molar-refractivity contribution in [1.29, 1.82) is 0 Å². The first-order valence-electron chi connectivity index (χ1n) is 11.8. The van der Waals surface area contributed by atoms with E-state index in [1.807, 2.05) is 0 Å². The van der Waals surface area contributed by atoms with Crippen LogP contribution in [-0.2, 0) is 19.1 Å². The average Bonchev–Trinajstić information content (AvgIpc) is 3.15. The van der Waals surface area contributed by atoms with Gasteiger partial charge in [0, 0.05) is 18.9 Å². The van der Waals surface area contributed by atoms with Crippen LogP contribution in [0.4, 0.5) is 0 Å². The molecule has 6 nitrogen and oxygen atoms in total. The molecule has 30 heavy (non-hydrogen) atoms. The monoisotopic (exact) mass is 420 g/mol. The summed E-state index contributed by atoms with van der Waals surface area (Å²) in [5, 5.41) is 0. The van der Waals surface area contributed by atoms with Gasteiger partial charge in [0.05, 0.1) is 31.5 Å². The standard InChI is InChI=1S/C24H40N2O4/c1-5-7-9-10-12-13-19(27)17-18-15-16-21-22(23(28)29-3)20(14-11-8-6-2)25-24(30-4)26(18)21/h18,21H,5-17H2,1-4H3/t18-,21+/m1/s1. The van der Waals surface area contributed by atoms with Crippen LogP contribution in [0.3, 0.4) is 0 Å². The lowest BCUT2D eigenvalue weighted by atomic mass is 9.98. The molecule has 0 unspecified atom stereocenters. The Labute approximate surface area is 182 Å². The van der Waals surface area contributed by atoms with E-state index >= 15 is 0 Å². The Morgan fingerprint density at radius 1 is 1.00 bits per heavy atom. The number of hydrogen-bond donors (Lipinski definition) is 0. The van der Waals surface area contributed by atoms with Crippen molar-refractivity contribution in [3.63, 3.8) is 0 Å². The second-order valence-corrected chi connectivity index (χ2v) is 8.47. The fourth-order valence-corrected chi connectivity index (χ4v) is 4.62. The van der Waals surface area contributed by atoms with Gasteiger partial charge in [-0.1, -0.05) is 52.4 Å². The third-order valence-electron chi connectivity index (χ3n) is 6.23. The summed E-state index contributed by atoms with van der Waals surface area (Å²) in [7, 11) is 3.04. The van der Waals surface area contributed by atoms with Crippen molar-refractivity contribution in [2.45, 2.75) is 109 Å². The number of amidine groups is 1. The van der Waals surface area contributed by atoms with Crippen molar-refractivity contribution >= 4 is 17.8 Å². The summed E-state index contributed by atoms with van der Waals surface area (Å²) < 4.78 is 10.7. The first-order valence-corrected chi connectivity index (χ1v) is 11.8. The van der Waals surface area contributed by atoms with Crippen molar-refractivity contribution in [3.05, 3.63) is 11.3 Å². The van der Waals surface area contributed by atoms with E-state index in [1.54, 1.807) is 7.11 Å². The molecule has 0 aromatic carbocycles. The van der Waals surface area contributed by atoms with Gasteiger partial charge in [0.15, 0.2) is 0 Å². The Morgan fingerprint density at radius 3 is 2.37 bits per heavy atom. The minimum atomic E-state index is -0.307. The highest BCUT2D eigenvalue weighted by Crippen LogP contribution is 2.38. The maximum absolute atomic E-state index is 12.6. The zero-order chi connectivity index (χ0) is 21.9. The number of carbonyl (C=O) groups is 2. The minimum Gasteiger partial charge on any atom is -0.468 e. The molecule has 0 aromatic rings. The molecule has 6 heteroatoms. The SMILES string of the molecule is CCCCCCCC(=O)C[C@H]1CC[C@H]2C(C(=O)OC)=C(CCCCC)N=C(OC)N12. The van der Waals surface area contributed by atoms with Crippen molar-refractivity contribution in [2.75, 3.05) is 14.2 Å². The Kier molecular flexibility index (Phi) is 10.4. The number of rotatable bonds is 13. The van der Waals surface area contributed by atoms with Crippen LogP contribution in [0.5, 0.6) is 0 Å². The summed E-state index contributed by atoms with van der Waals surface area (Å²) >= 11 is 0. The number of unbranched alkanes of at least 4 members (excludes halogenated alkanes) is 6. The van der Waals surface area contributed by atoms with Gasteiger partial charge in [0.25, 0.3) is 6.02 Å². The van der Waals surface area contributed by atoms with Gasteiger partial charge in [-0.2, -0.15) is 0 Å². The van der Waals surface area contributed by atoms with Gasteiger partial charge in [0.1, 0.15) is 5.78 Å². The third kappa shape index (κ3) is 6.32. The maximum Gasteiger partial charge on any atom is 0.337 e. The van der Waals surface area contributed by atoms with E-state index in [0.29, 0.717) is 30.2 Å². The number of nitrogens with zero attached hydrogens (tertiary/aromatic N) is 2. The Bertz CT molecular complexity index is 641. The number of hydrogen-bond acceptors (Lipinski definition) is 6. The Balaban J connectivity index is 2.09. The summed E-state index contributed by atoms with van der Waals surface area (Å²) in [6, 6.07) is 0.468. The molecule has 2 heterocycles. The summed E-state index contributed by atoms with van der Waals surface area (Å²) in [6.45, 7) is 4.35. The third-order valence-corrected chi connectivity index (χ3v) is 6.23. The maximum atomic E-state index is 12.6. The molecular weight excluding hydrogens is 380 g/mol. The van der Waals surface area contributed by atoms with Crippen LogP contribution in [0.1, 0.15) is 97.3 Å². The van der Waals surface area contributed by atoms with Crippen LogP contribution in [-0.4, -0.2) is 49.0 Å². The molecule has 0 spiro atoms. The summed E-state index contributed by atoms with van der Waals surface area (Å²) in [6.07, 6.45) is 12.5. The van der Waals surface area contributed by atoms with E-state index in [0.717, 1.165) is 57.1 Å². The van der Waals surface area contributed by atoms with Crippen molar-refractivity contribution in [2.24, 2.45) is 4.99 Å². The molecule has 0 N–H and O–H groups in total. The van der Waals surface area contributed by atoms with Gasteiger partial charge in [0.2, 0.25) is 0 Å². The average molecular weight is 421 g/mol. The van der Waals surface area contributed by atoms with Crippen LogP contribution < -0.4 is 0 Å². The molecule has 1 fully saturated rings. The quantitative estimate of drug-likeness (QED) is 0.304. The first-order chi connectivity index (χ1) is 14.6. The molecule has 0 radical (unpaired) electrons.